The summed E-state index contributed by atoms with van der Waals surface area (Å²) in [4.78, 5) is 28.7. The first-order valence-electron chi connectivity index (χ1n) is 7.82. The molecule has 2 aromatic carbocycles. The van der Waals surface area contributed by atoms with Gasteiger partial charge in [-0.15, -0.1) is 11.3 Å². The number of carbonyl (C=O) groups excluding carboxylic acids is 2. The van der Waals surface area contributed by atoms with Crippen molar-refractivity contribution in [2.45, 2.75) is 0 Å². The zero-order valence-corrected chi connectivity index (χ0v) is 15.3. The first kappa shape index (κ1) is 17.3. The fourth-order valence-electron chi connectivity index (χ4n) is 2.39. The van der Waals surface area contributed by atoms with Crippen LogP contribution in [0.25, 0.3) is 10.6 Å². The Labute approximate surface area is 162 Å². The fraction of sp³-hybridized carbons (Fsp3) is 0.0556. The van der Waals surface area contributed by atoms with E-state index in [2.05, 4.69) is 15.8 Å². The average Bonchev–Trinajstić information content (AvgIpc) is 3.35. The van der Waals surface area contributed by atoms with E-state index < -0.39 is 11.8 Å². The molecule has 1 aliphatic rings. The summed E-state index contributed by atoms with van der Waals surface area (Å²) in [5.74, 6) is 0.0734. The van der Waals surface area contributed by atoms with Crippen LogP contribution in [0.2, 0.25) is 5.02 Å². The summed E-state index contributed by atoms with van der Waals surface area (Å²) in [6, 6.07) is 11.9. The van der Waals surface area contributed by atoms with Gasteiger partial charge in [-0.3, -0.25) is 20.4 Å². The van der Waals surface area contributed by atoms with E-state index in [1.165, 1.54) is 11.3 Å². The molecule has 0 unspecified atom stereocenters. The van der Waals surface area contributed by atoms with Gasteiger partial charge in [0.2, 0.25) is 6.79 Å². The SMILES string of the molecule is O=C(NNC(=O)c1csc(-c2ccc(Cl)cc2)n1)c1ccc2c(c1)OCO2. The molecule has 27 heavy (non-hydrogen) atoms. The van der Waals surface area contributed by atoms with Crippen LogP contribution in [0.15, 0.2) is 47.8 Å². The largest absolute Gasteiger partial charge is 0.454 e. The van der Waals surface area contributed by atoms with Gasteiger partial charge in [-0.1, -0.05) is 23.7 Å². The quantitative estimate of drug-likeness (QED) is 0.657. The molecule has 1 aliphatic heterocycles. The molecule has 0 saturated heterocycles. The Morgan fingerprint density at radius 1 is 1.00 bits per heavy atom. The number of ether oxygens (including phenoxy) is 2. The van der Waals surface area contributed by atoms with E-state index in [-0.39, 0.29) is 12.5 Å². The smallest absolute Gasteiger partial charge is 0.289 e. The standard InChI is InChI=1S/C18H12ClN3O4S/c19-12-4-1-10(2-5-12)18-20-13(8-27-18)17(24)22-21-16(23)11-3-6-14-15(7-11)26-9-25-14/h1-8H,9H2,(H,21,23)(H,22,24). The van der Waals surface area contributed by atoms with Gasteiger partial charge in [-0.05, 0) is 30.3 Å². The number of thiazole rings is 1. The van der Waals surface area contributed by atoms with E-state index in [1.807, 2.05) is 12.1 Å². The summed E-state index contributed by atoms with van der Waals surface area (Å²) in [6.45, 7) is 0.122. The minimum Gasteiger partial charge on any atom is -0.454 e. The molecule has 9 heteroatoms. The van der Waals surface area contributed by atoms with Crippen LogP contribution in [0.1, 0.15) is 20.8 Å². The second-order valence-electron chi connectivity index (χ2n) is 5.52. The van der Waals surface area contributed by atoms with E-state index in [0.717, 1.165) is 5.56 Å². The Morgan fingerprint density at radius 2 is 1.74 bits per heavy atom. The minimum absolute atomic E-state index is 0.122. The molecule has 7 nitrogen and oxygen atoms in total. The monoisotopic (exact) mass is 401 g/mol. The van der Waals surface area contributed by atoms with Crippen LogP contribution in [-0.2, 0) is 0 Å². The number of amides is 2. The van der Waals surface area contributed by atoms with Crippen molar-refractivity contribution in [1.29, 1.82) is 0 Å². The summed E-state index contributed by atoms with van der Waals surface area (Å²) < 4.78 is 10.4. The minimum atomic E-state index is -0.513. The number of carbonyl (C=O) groups is 2. The summed E-state index contributed by atoms with van der Waals surface area (Å²) in [6.07, 6.45) is 0. The molecule has 1 aromatic heterocycles. The Balaban J connectivity index is 1.39. The molecule has 0 bridgehead atoms. The number of nitrogens with one attached hydrogen (secondary N) is 2. The third-order valence-electron chi connectivity index (χ3n) is 3.75. The zero-order valence-electron chi connectivity index (χ0n) is 13.7. The highest BCUT2D eigenvalue weighted by atomic mass is 35.5. The van der Waals surface area contributed by atoms with Crippen molar-refractivity contribution in [3.8, 4) is 22.1 Å². The van der Waals surface area contributed by atoms with Crippen LogP contribution in [0.4, 0.5) is 0 Å². The molecule has 4 rings (SSSR count). The first-order valence-corrected chi connectivity index (χ1v) is 9.08. The fourth-order valence-corrected chi connectivity index (χ4v) is 3.32. The van der Waals surface area contributed by atoms with Gasteiger partial charge in [0.05, 0.1) is 0 Å². The van der Waals surface area contributed by atoms with Gasteiger partial charge in [-0.25, -0.2) is 4.98 Å². The van der Waals surface area contributed by atoms with E-state index in [4.69, 9.17) is 21.1 Å². The molecular formula is C18H12ClN3O4S. The molecule has 2 N–H and O–H groups in total. The number of nitrogens with zero attached hydrogens (tertiary/aromatic N) is 1. The molecule has 136 valence electrons. The normalized spacial score (nSPS) is 11.9. The number of fused-ring (bicyclic) bond motifs is 1. The van der Waals surface area contributed by atoms with Gasteiger partial charge >= 0.3 is 0 Å². The van der Waals surface area contributed by atoms with E-state index in [9.17, 15) is 9.59 Å². The van der Waals surface area contributed by atoms with Crippen molar-refractivity contribution in [2.24, 2.45) is 0 Å². The number of hydrogen-bond acceptors (Lipinski definition) is 6. The first-order chi connectivity index (χ1) is 13.1. The Hall–Kier alpha value is -3.10. The molecule has 0 radical (unpaired) electrons. The van der Waals surface area contributed by atoms with E-state index >= 15 is 0 Å². The summed E-state index contributed by atoms with van der Waals surface area (Å²) >= 11 is 7.19. The van der Waals surface area contributed by atoms with Gasteiger partial charge in [0.25, 0.3) is 11.8 Å². The zero-order chi connectivity index (χ0) is 18.8. The average molecular weight is 402 g/mol. The maximum atomic E-state index is 12.2. The lowest BCUT2D eigenvalue weighted by Crippen LogP contribution is -2.41. The number of hydrogen-bond donors (Lipinski definition) is 2. The summed E-state index contributed by atoms with van der Waals surface area (Å²) in [5.41, 5.74) is 6.10. The highest BCUT2D eigenvalue weighted by molar-refractivity contribution is 7.13. The highest BCUT2D eigenvalue weighted by Gasteiger charge is 2.17. The summed E-state index contributed by atoms with van der Waals surface area (Å²) in [7, 11) is 0. The van der Waals surface area contributed by atoms with Gasteiger partial charge < -0.3 is 9.47 Å². The number of hydrazine groups is 1. The van der Waals surface area contributed by atoms with Crippen molar-refractivity contribution in [1.82, 2.24) is 15.8 Å². The molecule has 0 atom stereocenters. The van der Waals surface area contributed by atoms with Crippen LogP contribution < -0.4 is 20.3 Å². The van der Waals surface area contributed by atoms with Crippen LogP contribution in [0.3, 0.4) is 0 Å². The van der Waals surface area contributed by atoms with E-state index in [1.54, 1.807) is 35.7 Å². The Morgan fingerprint density at radius 3 is 2.56 bits per heavy atom. The van der Waals surface area contributed by atoms with Crippen molar-refractivity contribution in [3.05, 3.63) is 64.1 Å². The van der Waals surface area contributed by atoms with Gasteiger partial charge in [0, 0.05) is 21.5 Å². The lowest BCUT2D eigenvalue weighted by Gasteiger charge is -2.06. The predicted octanol–water partition coefficient (Wildman–Crippen LogP) is 3.27. The van der Waals surface area contributed by atoms with Crippen LogP contribution in [0, 0.1) is 0 Å². The second-order valence-corrected chi connectivity index (χ2v) is 6.82. The number of benzene rings is 2. The number of rotatable bonds is 3. The topological polar surface area (TPSA) is 89.6 Å². The van der Waals surface area contributed by atoms with Gasteiger partial charge in [-0.2, -0.15) is 0 Å². The Kier molecular flexibility index (Phi) is 4.66. The lowest BCUT2D eigenvalue weighted by atomic mass is 10.2. The number of aromatic nitrogens is 1. The molecule has 3 aromatic rings. The molecular weight excluding hydrogens is 390 g/mol. The molecule has 2 heterocycles. The van der Waals surface area contributed by atoms with Gasteiger partial charge in [0.15, 0.2) is 11.5 Å². The van der Waals surface area contributed by atoms with Crippen LogP contribution in [0.5, 0.6) is 11.5 Å². The van der Waals surface area contributed by atoms with Crippen molar-refractivity contribution in [2.75, 3.05) is 6.79 Å². The molecule has 2 amide bonds. The number of halogens is 1. The molecule has 0 saturated carbocycles. The van der Waals surface area contributed by atoms with Crippen molar-refractivity contribution < 1.29 is 19.1 Å². The van der Waals surface area contributed by atoms with Crippen molar-refractivity contribution in [3.63, 3.8) is 0 Å². The van der Waals surface area contributed by atoms with Crippen LogP contribution in [-0.4, -0.2) is 23.6 Å². The Bertz CT molecular complexity index is 1020. The third-order valence-corrected chi connectivity index (χ3v) is 4.90. The molecule has 0 aliphatic carbocycles. The lowest BCUT2D eigenvalue weighted by molar-refractivity contribution is 0.0844. The molecule has 0 spiro atoms. The van der Waals surface area contributed by atoms with E-state index in [0.29, 0.717) is 27.1 Å². The van der Waals surface area contributed by atoms with Crippen LogP contribution >= 0.6 is 22.9 Å². The molecule has 0 fully saturated rings. The maximum Gasteiger partial charge on any atom is 0.289 e. The summed E-state index contributed by atoms with van der Waals surface area (Å²) in [5, 5.41) is 2.92. The van der Waals surface area contributed by atoms with Gasteiger partial charge in [0.1, 0.15) is 10.7 Å². The second kappa shape index (κ2) is 7.26. The third kappa shape index (κ3) is 3.71. The van der Waals surface area contributed by atoms with Crippen molar-refractivity contribution >= 4 is 34.8 Å². The maximum absolute atomic E-state index is 12.2. The predicted molar refractivity (Wildman–Crippen MR) is 100 cm³/mol. The highest BCUT2D eigenvalue weighted by Crippen LogP contribution is 2.32.